The number of piperidine rings is 1. The Balaban J connectivity index is 1.90. The van der Waals surface area contributed by atoms with E-state index in [-0.39, 0.29) is 11.8 Å². The van der Waals surface area contributed by atoms with Crippen molar-refractivity contribution in [2.75, 3.05) is 19.6 Å². The van der Waals surface area contributed by atoms with Gasteiger partial charge in [-0.15, -0.1) is 0 Å². The van der Waals surface area contributed by atoms with Crippen LogP contribution in [0.5, 0.6) is 0 Å². The molecule has 3 rings (SSSR count). The number of rotatable bonds is 1. The van der Waals surface area contributed by atoms with Crippen molar-refractivity contribution < 1.29 is 18.0 Å². The van der Waals surface area contributed by atoms with Gasteiger partial charge in [0.25, 0.3) is 0 Å². The largest absolute Gasteiger partial charge is 0.416 e. The van der Waals surface area contributed by atoms with E-state index in [1.54, 1.807) is 0 Å². The van der Waals surface area contributed by atoms with Crippen LogP contribution in [0.4, 0.5) is 13.2 Å². The predicted molar refractivity (Wildman–Crippen MR) is 71.7 cm³/mol. The van der Waals surface area contributed by atoms with Crippen molar-refractivity contribution in [1.82, 2.24) is 10.6 Å². The summed E-state index contributed by atoms with van der Waals surface area (Å²) in [6.07, 6.45) is -2.87. The number of carbonyl (C=O) groups is 1. The van der Waals surface area contributed by atoms with Crippen LogP contribution in [0.15, 0.2) is 24.3 Å². The van der Waals surface area contributed by atoms with E-state index < -0.39 is 17.2 Å². The summed E-state index contributed by atoms with van der Waals surface area (Å²) in [5, 5.41) is 6.11. The minimum absolute atomic E-state index is 0.0360. The molecule has 2 N–H and O–H groups in total. The maximum atomic E-state index is 12.6. The zero-order chi connectivity index (χ0) is 15.1. The average molecular weight is 298 g/mol. The van der Waals surface area contributed by atoms with E-state index in [0.29, 0.717) is 6.54 Å². The number of alkyl halides is 3. The van der Waals surface area contributed by atoms with Crippen molar-refractivity contribution >= 4 is 5.91 Å². The molecule has 2 aliphatic rings. The first-order valence-corrected chi connectivity index (χ1v) is 7.10. The van der Waals surface area contributed by atoms with Gasteiger partial charge < -0.3 is 10.6 Å². The van der Waals surface area contributed by atoms with E-state index in [1.807, 2.05) is 0 Å². The first-order valence-electron chi connectivity index (χ1n) is 7.10. The van der Waals surface area contributed by atoms with E-state index in [4.69, 9.17) is 0 Å². The lowest BCUT2D eigenvalue weighted by Gasteiger charge is -2.36. The Morgan fingerprint density at radius 3 is 2.29 bits per heavy atom. The third-order valence-corrected chi connectivity index (χ3v) is 4.72. The summed E-state index contributed by atoms with van der Waals surface area (Å²) in [4.78, 5) is 12.2. The molecule has 6 heteroatoms. The van der Waals surface area contributed by atoms with E-state index in [0.717, 1.165) is 43.6 Å². The Bertz CT molecular complexity index is 533. The van der Waals surface area contributed by atoms with Gasteiger partial charge in [0.15, 0.2) is 0 Å². The molecule has 0 saturated carbocycles. The molecule has 1 amide bonds. The van der Waals surface area contributed by atoms with Crippen molar-refractivity contribution in [3.8, 4) is 0 Å². The number of halogens is 3. The summed E-state index contributed by atoms with van der Waals surface area (Å²) in [5.41, 5.74) is -0.309. The molecule has 21 heavy (non-hydrogen) atoms. The highest BCUT2D eigenvalue weighted by molar-refractivity contribution is 5.86. The normalized spacial score (nSPS) is 25.1. The number of hydrogen-bond donors (Lipinski definition) is 2. The van der Waals surface area contributed by atoms with E-state index in [9.17, 15) is 18.0 Å². The maximum Gasteiger partial charge on any atom is 0.416 e. The summed E-state index contributed by atoms with van der Waals surface area (Å²) in [5.74, 6) is -0.0109. The molecule has 3 nitrogen and oxygen atoms in total. The Morgan fingerprint density at radius 2 is 1.71 bits per heavy atom. The Morgan fingerprint density at radius 1 is 1.10 bits per heavy atom. The second kappa shape index (κ2) is 5.02. The Labute approximate surface area is 120 Å². The van der Waals surface area contributed by atoms with Crippen LogP contribution in [0, 0.1) is 5.41 Å². The van der Waals surface area contributed by atoms with Gasteiger partial charge in [-0.05, 0) is 43.6 Å². The highest BCUT2D eigenvalue weighted by atomic mass is 19.4. The zero-order valence-corrected chi connectivity index (χ0v) is 11.5. The molecule has 1 aromatic rings. The molecule has 2 aliphatic heterocycles. The molecule has 2 fully saturated rings. The van der Waals surface area contributed by atoms with Crippen molar-refractivity contribution in [1.29, 1.82) is 0 Å². The van der Waals surface area contributed by atoms with Crippen LogP contribution in [0.1, 0.15) is 29.9 Å². The van der Waals surface area contributed by atoms with Crippen LogP contribution in [0.3, 0.4) is 0 Å². The summed E-state index contributed by atoms with van der Waals surface area (Å²) in [7, 11) is 0. The monoisotopic (exact) mass is 298 g/mol. The molecule has 1 spiro atoms. The lowest BCUT2D eigenvalue weighted by atomic mass is 9.68. The fourth-order valence-electron chi connectivity index (χ4n) is 3.51. The molecule has 0 aliphatic carbocycles. The second-order valence-corrected chi connectivity index (χ2v) is 5.79. The minimum Gasteiger partial charge on any atom is -0.355 e. The SMILES string of the molecule is O=C1NCC(c2ccc(C(F)(F)F)cc2)C12CCNCC2. The first-order chi connectivity index (χ1) is 9.93. The molecule has 1 aromatic carbocycles. The van der Waals surface area contributed by atoms with Crippen LogP contribution in [0.25, 0.3) is 0 Å². The maximum absolute atomic E-state index is 12.6. The van der Waals surface area contributed by atoms with Gasteiger partial charge in [-0.2, -0.15) is 13.2 Å². The van der Waals surface area contributed by atoms with Crippen LogP contribution < -0.4 is 10.6 Å². The fourth-order valence-corrected chi connectivity index (χ4v) is 3.51. The highest BCUT2D eigenvalue weighted by Crippen LogP contribution is 2.46. The third-order valence-electron chi connectivity index (χ3n) is 4.72. The molecule has 0 radical (unpaired) electrons. The van der Waals surface area contributed by atoms with Gasteiger partial charge in [-0.1, -0.05) is 12.1 Å². The van der Waals surface area contributed by atoms with E-state index in [1.165, 1.54) is 12.1 Å². The van der Waals surface area contributed by atoms with Crippen LogP contribution >= 0.6 is 0 Å². The van der Waals surface area contributed by atoms with E-state index >= 15 is 0 Å². The zero-order valence-electron chi connectivity index (χ0n) is 11.5. The topological polar surface area (TPSA) is 41.1 Å². The first kappa shape index (κ1) is 14.4. The predicted octanol–water partition coefficient (Wildman–Crippen LogP) is 2.29. The van der Waals surface area contributed by atoms with Crippen molar-refractivity contribution in [2.45, 2.75) is 24.9 Å². The van der Waals surface area contributed by atoms with Gasteiger partial charge >= 0.3 is 6.18 Å². The van der Waals surface area contributed by atoms with Crippen molar-refractivity contribution in [3.63, 3.8) is 0 Å². The van der Waals surface area contributed by atoms with Gasteiger partial charge in [-0.3, -0.25) is 4.79 Å². The standard InChI is InChI=1S/C15H17F3N2O/c16-15(17,18)11-3-1-10(2-4-11)12-9-20-13(21)14(12)5-7-19-8-6-14/h1-4,12,19H,5-9H2,(H,20,21). The van der Waals surface area contributed by atoms with Crippen molar-refractivity contribution in [3.05, 3.63) is 35.4 Å². The lowest BCUT2D eigenvalue weighted by molar-refractivity contribution is -0.137. The van der Waals surface area contributed by atoms with Crippen LogP contribution in [-0.2, 0) is 11.0 Å². The Kier molecular flexibility index (Phi) is 3.43. The summed E-state index contributed by atoms with van der Waals surface area (Å²) < 4.78 is 37.9. The molecule has 1 atom stereocenters. The summed E-state index contributed by atoms with van der Waals surface area (Å²) >= 11 is 0. The second-order valence-electron chi connectivity index (χ2n) is 5.79. The highest BCUT2D eigenvalue weighted by Gasteiger charge is 2.50. The molecule has 2 saturated heterocycles. The number of carbonyl (C=O) groups excluding carboxylic acids is 1. The average Bonchev–Trinajstić information content (AvgIpc) is 2.76. The molecule has 0 aromatic heterocycles. The molecular formula is C15H17F3N2O. The smallest absolute Gasteiger partial charge is 0.355 e. The van der Waals surface area contributed by atoms with Gasteiger partial charge in [0.2, 0.25) is 5.91 Å². The number of nitrogens with one attached hydrogen (secondary N) is 2. The summed E-state index contributed by atoms with van der Waals surface area (Å²) in [6, 6.07) is 5.23. The van der Waals surface area contributed by atoms with Crippen molar-refractivity contribution in [2.24, 2.45) is 5.41 Å². The summed E-state index contributed by atoms with van der Waals surface area (Å²) in [6.45, 7) is 2.04. The quantitative estimate of drug-likeness (QED) is 0.835. The number of amides is 1. The van der Waals surface area contributed by atoms with Gasteiger partial charge in [-0.25, -0.2) is 0 Å². The third kappa shape index (κ3) is 2.41. The van der Waals surface area contributed by atoms with Gasteiger partial charge in [0, 0.05) is 12.5 Å². The van der Waals surface area contributed by atoms with Gasteiger partial charge in [0.05, 0.1) is 11.0 Å². The number of benzene rings is 1. The van der Waals surface area contributed by atoms with E-state index in [2.05, 4.69) is 10.6 Å². The molecule has 2 heterocycles. The number of hydrogen-bond acceptors (Lipinski definition) is 2. The minimum atomic E-state index is -4.32. The molecular weight excluding hydrogens is 281 g/mol. The van der Waals surface area contributed by atoms with Gasteiger partial charge in [0.1, 0.15) is 0 Å². The fraction of sp³-hybridized carbons (Fsp3) is 0.533. The molecule has 0 bridgehead atoms. The lowest BCUT2D eigenvalue weighted by Crippen LogP contribution is -2.44. The van der Waals surface area contributed by atoms with Crippen LogP contribution in [-0.4, -0.2) is 25.5 Å². The van der Waals surface area contributed by atoms with Crippen LogP contribution in [0.2, 0.25) is 0 Å². The molecule has 1 unspecified atom stereocenters. The molecule has 114 valence electrons. The Hall–Kier alpha value is -1.56.